The molecule has 0 bridgehead atoms. The molecule has 1 heterocycles. The normalized spacial score (nSPS) is 18.0. The van der Waals surface area contributed by atoms with Crippen LogP contribution in [0.3, 0.4) is 0 Å². The molecule has 0 saturated carbocycles. The molecule has 1 aromatic rings. The summed E-state index contributed by atoms with van der Waals surface area (Å²) in [4.78, 5) is 23.5. The molecule has 1 fully saturated rings. The van der Waals surface area contributed by atoms with E-state index in [0.29, 0.717) is 26.3 Å². The number of morpholine rings is 1. The number of hydrogen-bond acceptors (Lipinski definition) is 4. The van der Waals surface area contributed by atoms with Crippen LogP contribution >= 0.6 is 0 Å². The maximum atomic E-state index is 11.9. The Hall–Kier alpha value is -1.92. The van der Waals surface area contributed by atoms with E-state index in [1.807, 2.05) is 38.1 Å². The highest BCUT2D eigenvalue weighted by Crippen LogP contribution is 2.11. The third kappa shape index (κ3) is 4.82. The predicted octanol–water partition coefficient (Wildman–Crippen LogP) is 0.886. The lowest BCUT2D eigenvalue weighted by Crippen LogP contribution is -2.51. The lowest BCUT2D eigenvalue weighted by molar-refractivity contribution is -0.126. The number of ether oxygens (including phenoxy) is 1. The van der Waals surface area contributed by atoms with Gasteiger partial charge in [0.05, 0.1) is 13.2 Å². The summed E-state index contributed by atoms with van der Waals surface area (Å²) >= 11 is 0. The molecule has 1 aliphatic heterocycles. The first kappa shape index (κ1) is 16.5. The maximum Gasteiger partial charge on any atom is 0.239 e. The van der Waals surface area contributed by atoms with Crippen molar-refractivity contribution in [1.29, 1.82) is 0 Å². The summed E-state index contributed by atoms with van der Waals surface area (Å²) in [7, 11) is 0. The summed E-state index contributed by atoms with van der Waals surface area (Å²) in [5.74, 6) is -0.120. The van der Waals surface area contributed by atoms with Crippen molar-refractivity contribution in [1.82, 2.24) is 10.6 Å². The molecule has 1 atom stereocenters. The Morgan fingerprint density at radius 2 is 2.05 bits per heavy atom. The van der Waals surface area contributed by atoms with Crippen LogP contribution in [0.2, 0.25) is 0 Å². The van der Waals surface area contributed by atoms with Crippen LogP contribution < -0.4 is 16.0 Å². The van der Waals surface area contributed by atoms with Gasteiger partial charge in [-0.2, -0.15) is 0 Å². The number of amides is 2. The fourth-order valence-corrected chi connectivity index (χ4v) is 2.04. The van der Waals surface area contributed by atoms with E-state index in [0.717, 1.165) is 11.3 Å². The highest BCUT2D eigenvalue weighted by Gasteiger charge is 2.20. The lowest BCUT2D eigenvalue weighted by atomic mass is 10.1. The van der Waals surface area contributed by atoms with E-state index in [-0.39, 0.29) is 23.8 Å². The molecule has 6 heteroatoms. The molecule has 2 rings (SSSR count). The Balaban J connectivity index is 1.81. The van der Waals surface area contributed by atoms with E-state index >= 15 is 0 Å². The zero-order chi connectivity index (χ0) is 15.9. The second kappa shape index (κ2) is 7.91. The molecule has 2 amide bonds. The third-order valence-corrected chi connectivity index (χ3v) is 3.45. The molecule has 0 radical (unpaired) electrons. The third-order valence-electron chi connectivity index (χ3n) is 3.45. The average Bonchev–Trinajstić information content (AvgIpc) is 2.54. The van der Waals surface area contributed by atoms with Crippen molar-refractivity contribution in [2.75, 3.05) is 25.1 Å². The van der Waals surface area contributed by atoms with Crippen LogP contribution in [0.25, 0.3) is 0 Å². The van der Waals surface area contributed by atoms with Gasteiger partial charge < -0.3 is 20.7 Å². The van der Waals surface area contributed by atoms with Gasteiger partial charge in [0.2, 0.25) is 11.8 Å². The van der Waals surface area contributed by atoms with Crippen LogP contribution in [0.5, 0.6) is 0 Å². The molecule has 22 heavy (non-hydrogen) atoms. The topological polar surface area (TPSA) is 79.5 Å². The Morgan fingerprint density at radius 3 is 2.64 bits per heavy atom. The van der Waals surface area contributed by atoms with Crippen LogP contribution in [0, 0.1) is 5.92 Å². The minimum absolute atomic E-state index is 0.00979. The van der Waals surface area contributed by atoms with E-state index in [4.69, 9.17) is 4.74 Å². The number of anilines is 1. The Bertz CT molecular complexity index is 508. The number of hydrogen-bond donors (Lipinski definition) is 3. The fourth-order valence-electron chi connectivity index (χ4n) is 2.04. The van der Waals surface area contributed by atoms with Crippen LogP contribution in [-0.4, -0.2) is 37.6 Å². The first-order chi connectivity index (χ1) is 10.6. The van der Waals surface area contributed by atoms with Crippen molar-refractivity contribution in [2.24, 2.45) is 5.92 Å². The van der Waals surface area contributed by atoms with Crippen LogP contribution in [0.1, 0.15) is 19.4 Å². The SMILES string of the molecule is CC(C)C(=O)Nc1ccc(CNC(=O)C2COCCN2)cc1. The molecule has 1 saturated heterocycles. The van der Waals surface area contributed by atoms with Gasteiger partial charge in [0.25, 0.3) is 0 Å². The largest absolute Gasteiger partial charge is 0.378 e. The number of carbonyl (C=O) groups excluding carboxylic acids is 2. The lowest BCUT2D eigenvalue weighted by Gasteiger charge is -2.22. The summed E-state index contributed by atoms with van der Waals surface area (Å²) < 4.78 is 5.26. The van der Waals surface area contributed by atoms with Crippen molar-refractivity contribution in [3.63, 3.8) is 0 Å². The standard InChI is InChI=1S/C16H23N3O3/c1-11(2)15(20)19-13-5-3-12(4-6-13)9-18-16(21)14-10-22-8-7-17-14/h3-6,11,14,17H,7-10H2,1-2H3,(H,18,21)(H,19,20). The molecule has 1 aromatic carbocycles. The summed E-state index contributed by atoms with van der Waals surface area (Å²) in [6.45, 7) is 5.90. The fraction of sp³-hybridized carbons (Fsp3) is 0.500. The summed E-state index contributed by atoms with van der Waals surface area (Å²) in [6.07, 6.45) is 0. The Morgan fingerprint density at radius 1 is 1.32 bits per heavy atom. The quantitative estimate of drug-likeness (QED) is 0.755. The van der Waals surface area contributed by atoms with Crippen molar-refractivity contribution in [3.05, 3.63) is 29.8 Å². The molecule has 1 aliphatic rings. The van der Waals surface area contributed by atoms with E-state index in [9.17, 15) is 9.59 Å². The highest BCUT2D eigenvalue weighted by atomic mass is 16.5. The minimum Gasteiger partial charge on any atom is -0.378 e. The number of carbonyl (C=O) groups is 2. The summed E-state index contributed by atoms with van der Waals surface area (Å²) in [5, 5.41) is 8.82. The average molecular weight is 305 g/mol. The van der Waals surface area contributed by atoms with Crippen LogP contribution in [0.15, 0.2) is 24.3 Å². The molecule has 3 N–H and O–H groups in total. The van der Waals surface area contributed by atoms with Crippen LogP contribution in [-0.2, 0) is 20.9 Å². The smallest absolute Gasteiger partial charge is 0.239 e. The van der Waals surface area contributed by atoms with Gasteiger partial charge in [-0.25, -0.2) is 0 Å². The van der Waals surface area contributed by atoms with Crippen molar-refractivity contribution >= 4 is 17.5 Å². The molecule has 0 aromatic heterocycles. The zero-order valence-corrected chi connectivity index (χ0v) is 13.0. The summed E-state index contributed by atoms with van der Waals surface area (Å²) in [6, 6.07) is 7.17. The van der Waals surface area contributed by atoms with Crippen LogP contribution in [0.4, 0.5) is 5.69 Å². The highest BCUT2D eigenvalue weighted by molar-refractivity contribution is 5.92. The Kier molecular flexibility index (Phi) is 5.91. The molecule has 1 unspecified atom stereocenters. The maximum absolute atomic E-state index is 11.9. The van der Waals surface area contributed by atoms with Gasteiger partial charge in [0, 0.05) is 24.7 Å². The van der Waals surface area contributed by atoms with Gasteiger partial charge in [-0.15, -0.1) is 0 Å². The second-order valence-corrected chi connectivity index (χ2v) is 5.64. The second-order valence-electron chi connectivity index (χ2n) is 5.64. The van der Waals surface area contributed by atoms with Gasteiger partial charge in [-0.3, -0.25) is 9.59 Å². The van der Waals surface area contributed by atoms with Gasteiger partial charge in [0.15, 0.2) is 0 Å². The van der Waals surface area contributed by atoms with E-state index in [1.54, 1.807) is 0 Å². The van der Waals surface area contributed by atoms with Crippen molar-refractivity contribution < 1.29 is 14.3 Å². The van der Waals surface area contributed by atoms with Crippen molar-refractivity contribution in [2.45, 2.75) is 26.4 Å². The van der Waals surface area contributed by atoms with Gasteiger partial charge in [-0.05, 0) is 17.7 Å². The molecule has 0 aliphatic carbocycles. The minimum atomic E-state index is -0.279. The number of rotatable bonds is 5. The monoisotopic (exact) mass is 305 g/mol. The van der Waals surface area contributed by atoms with Gasteiger partial charge >= 0.3 is 0 Å². The zero-order valence-electron chi connectivity index (χ0n) is 13.0. The van der Waals surface area contributed by atoms with Gasteiger partial charge in [-0.1, -0.05) is 26.0 Å². The predicted molar refractivity (Wildman–Crippen MR) is 84.4 cm³/mol. The molecule has 6 nitrogen and oxygen atoms in total. The number of nitrogens with one attached hydrogen (secondary N) is 3. The molecule has 120 valence electrons. The van der Waals surface area contributed by atoms with Crippen molar-refractivity contribution in [3.8, 4) is 0 Å². The first-order valence-electron chi connectivity index (χ1n) is 7.55. The molecular weight excluding hydrogens is 282 g/mol. The molecule has 0 spiro atoms. The first-order valence-corrected chi connectivity index (χ1v) is 7.55. The summed E-state index contributed by atoms with van der Waals surface area (Å²) in [5.41, 5.74) is 1.74. The molecular formula is C16H23N3O3. The number of benzene rings is 1. The van der Waals surface area contributed by atoms with E-state index in [1.165, 1.54) is 0 Å². The Labute approximate surface area is 130 Å². The van der Waals surface area contributed by atoms with E-state index in [2.05, 4.69) is 16.0 Å². The van der Waals surface area contributed by atoms with E-state index < -0.39 is 0 Å². The van der Waals surface area contributed by atoms with Gasteiger partial charge in [0.1, 0.15) is 6.04 Å².